The van der Waals surface area contributed by atoms with Crippen LogP contribution in [-0.4, -0.2) is 60.1 Å². The van der Waals surface area contributed by atoms with E-state index in [4.69, 9.17) is 5.11 Å². The van der Waals surface area contributed by atoms with Gasteiger partial charge in [0.25, 0.3) is 0 Å². The number of carbonyl (C=O) groups excluding carboxylic acids is 1. The van der Waals surface area contributed by atoms with Crippen molar-refractivity contribution in [2.45, 2.75) is 33.1 Å². The van der Waals surface area contributed by atoms with Gasteiger partial charge in [-0.3, -0.25) is 9.69 Å². The zero-order valence-corrected chi connectivity index (χ0v) is 11.2. The summed E-state index contributed by atoms with van der Waals surface area (Å²) in [6, 6.07) is 0. The number of aliphatic hydroxyl groups is 1. The highest BCUT2D eigenvalue weighted by atomic mass is 16.3. The highest BCUT2D eigenvalue weighted by Crippen LogP contribution is 2.15. The van der Waals surface area contributed by atoms with Gasteiger partial charge in [-0.25, -0.2) is 0 Å². The first-order chi connectivity index (χ1) is 8.21. The van der Waals surface area contributed by atoms with E-state index in [2.05, 4.69) is 11.8 Å². The number of aliphatic hydroxyl groups excluding tert-OH is 1. The summed E-state index contributed by atoms with van der Waals surface area (Å²) in [5.41, 5.74) is 0. The molecular formula is C13H26N2O2. The van der Waals surface area contributed by atoms with Crippen molar-refractivity contribution >= 4 is 5.91 Å². The fraction of sp³-hybridized carbons (Fsp3) is 0.923. The van der Waals surface area contributed by atoms with E-state index in [0.29, 0.717) is 12.5 Å². The third-order valence-corrected chi connectivity index (χ3v) is 3.50. The molecule has 0 saturated carbocycles. The second-order valence-corrected chi connectivity index (χ2v) is 4.90. The maximum atomic E-state index is 12.1. The molecule has 1 unspecified atom stereocenters. The molecule has 0 spiro atoms. The van der Waals surface area contributed by atoms with Crippen LogP contribution in [0.5, 0.6) is 0 Å². The number of hydrogen-bond acceptors (Lipinski definition) is 3. The van der Waals surface area contributed by atoms with Crippen molar-refractivity contribution in [1.82, 2.24) is 9.80 Å². The number of carbonyl (C=O) groups is 1. The smallest absolute Gasteiger partial charge is 0.236 e. The van der Waals surface area contributed by atoms with Crippen molar-refractivity contribution in [3.05, 3.63) is 0 Å². The van der Waals surface area contributed by atoms with Crippen molar-refractivity contribution in [3.8, 4) is 0 Å². The molecule has 1 aliphatic rings. The molecule has 1 amide bonds. The van der Waals surface area contributed by atoms with Crippen LogP contribution in [-0.2, 0) is 4.79 Å². The van der Waals surface area contributed by atoms with E-state index in [1.807, 2.05) is 11.8 Å². The molecule has 1 rings (SSSR count). The molecule has 1 aliphatic heterocycles. The lowest BCUT2D eigenvalue weighted by molar-refractivity contribution is -0.132. The van der Waals surface area contributed by atoms with Gasteiger partial charge >= 0.3 is 0 Å². The van der Waals surface area contributed by atoms with Gasteiger partial charge in [0.05, 0.1) is 6.54 Å². The number of hydrogen-bond donors (Lipinski definition) is 1. The minimum atomic E-state index is 0.236. The van der Waals surface area contributed by atoms with Crippen LogP contribution in [0.3, 0.4) is 0 Å². The summed E-state index contributed by atoms with van der Waals surface area (Å²) in [7, 11) is 0. The second-order valence-electron chi connectivity index (χ2n) is 4.90. The minimum Gasteiger partial charge on any atom is -0.396 e. The van der Waals surface area contributed by atoms with E-state index in [-0.39, 0.29) is 12.5 Å². The third kappa shape index (κ3) is 4.64. The monoisotopic (exact) mass is 242 g/mol. The van der Waals surface area contributed by atoms with Crippen LogP contribution < -0.4 is 0 Å². The van der Waals surface area contributed by atoms with Crippen LogP contribution in [0.2, 0.25) is 0 Å². The van der Waals surface area contributed by atoms with Gasteiger partial charge in [0.2, 0.25) is 5.91 Å². The predicted octanol–water partition coefficient (Wildman–Crippen LogP) is 0.949. The minimum absolute atomic E-state index is 0.236. The Bertz CT molecular complexity index is 233. The molecule has 0 aromatic rings. The molecule has 1 N–H and O–H groups in total. The van der Waals surface area contributed by atoms with E-state index >= 15 is 0 Å². The standard InChI is InChI=1S/C13H26N2O2/c1-3-5-7-15(4-2)13(17)10-14-8-6-12(9-14)11-16/h12,16H,3-11H2,1-2H3. The number of likely N-dealkylation sites (tertiary alicyclic amines) is 1. The molecule has 4 heteroatoms. The number of rotatable bonds is 7. The molecule has 1 fully saturated rings. The Kier molecular flexibility index (Phi) is 6.52. The summed E-state index contributed by atoms with van der Waals surface area (Å²) in [5.74, 6) is 0.605. The Morgan fingerprint density at radius 1 is 1.47 bits per heavy atom. The Balaban J connectivity index is 2.31. The maximum Gasteiger partial charge on any atom is 0.236 e. The highest BCUT2D eigenvalue weighted by molar-refractivity contribution is 5.78. The van der Waals surface area contributed by atoms with E-state index in [1.165, 1.54) is 0 Å². The zero-order chi connectivity index (χ0) is 12.7. The zero-order valence-electron chi connectivity index (χ0n) is 11.2. The van der Waals surface area contributed by atoms with Gasteiger partial charge in [0.1, 0.15) is 0 Å². The van der Waals surface area contributed by atoms with Crippen LogP contribution in [0.15, 0.2) is 0 Å². The molecular weight excluding hydrogens is 216 g/mol. The van der Waals surface area contributed by atoms with Gasteiger partial charge in [0.15, 0.2) is 0 Å². The Morgan fingerprint density at radius 3 is 2.76 bits per heavy atom. The summed E-state index contributed by atoms with van der Waals surface area (Å²) >= 11 is 0. The predicted molar refractivity (Wildman–Crippen MR) is 68.8 cm³/mol. The summed E-state index contributed by atoms with van der Waals surface area (Å²) < 4.78 is 0. The Labute approximate surface area is 105 Å². The average Bonchev–Trinajstić information content (AvgIpc) is 2.77. The molecule has 0 bridgehead atoms. The van der Waals surface area contributed by atoms with Crippen molar-refractivity contribution in [2.75, 3.05) is 39.3 Å². The van der Waals surface area contributed by atoms with Gasteiger partial charge in [0, 0.05) is 26.2 Å². The highest BCUT2D eigenvalue weighted by Gasteiger charge is 2.24. The first-order valence-electron chi connectivity index (χ1n) is 6.82. The fourth-order valence-electron chi connectivity index (χ4n) is 2.30. The first kappa shape index (κ1) is 14.5. The normalized spacial score (nSPS) is 20.8. The quantitative estimate of drug-likeness (QED) is 0.723. The van der Waals surface area contributed by atoms with Crippen LogP contribution in [0.4, 0.5) is 0 Å². The molecule has 4 nitrogen and oxygen atoms in total. The number of amides is 1. The topological polar surface area (TPSA) is 43.8 Å². The number of unbranched alkanes of at least 4 members (excludes halogenated alkanes) is 1. The van der Waals surface area contributed by atoms with Gasteiger partial charge in [-0.15, -0.1) is 0 Å². The summed E-state index contributed by atoms with van der Waals surface area (Å²) in [6.45, 7) is 8.44. The largest absolute Gasteiger partial charge is 0.396 e. The SMILES string of the molecule is CCCCN(CC)C(=O)CN1CCC(CO)C1. The summed E-state index contributed by atoms with van der Waals surface area (Å²) in [5, 5.41) is 9.07. The van der Waals surface area contributed by atoms with Crippen molar-refractivity contribution in [3.63, 3.8) is 0 Å². The average molecular weight is 242 g/mol. The van der Waals surface area contributed by atoms with E-state index in [1.54, 1.807) is 0 Å². The molecule has 1 heterocycles. The molecule has 1 atom stereocenters. The van der Waals surface area contributed by atoms with E-state index in [9.17, 15) is 4.79 Å². The molecule has 0 aliphatic carbocycles. The van der Waals surface area contributed by atoms with Gasteiger partial charge in [-0.2, -0.15) is 0 Å². The molecule has 1 saturated heterocycles. The Morgan fingerprint density at radius 2 is 2.24 bits per heavy atom. The lowest BCUT2D eigenvalue weighted by Crippen LogP contribution is -2.40. The Hall–Kier alpha value is -0.610. The molecule has 0 radical (unpaired) electrons. The van der Waals surface area contributed by atoms with E-state index < -0.39 is 0 Å². The molecule has 0 aromatic carbocycles. The van der Waals surface area contributed by atoms with Crippen molar-refractivity contribution < 1.29 is 9.90 Å². The molecule has 0 aromatic heterocycles. The summed E-state index contributed by atoms with van der Waals surface area (Å²) in [4.78, 5) is 16.2. The van der Waals surface area contributed by atoms with Crippen LogP contribution in [0, 0.1) is 5.92 Å². The molecule has 17 heavy (non-hydrogen) atoms. The lowest BCUT2D eigenvalue weighted by atomic mass is 10.1. The maximum absolute atomic E-state index is 12.1. The van der Waals surface area contributed by atoms with Gasteiger partial charge < -0.3 is 10.0 Å². The second kappa shape index (κ2) is 7.67. The van der Waals surface area contributed by atoms with Gasteiger partial charge in [-0.05, 0) is 32.2 Å². The van der Waals surface area contributed by atoms with Crippen molar-refractivity contribution in [2.24, 2.45) is 5.92 Å². The third-order valence-electron chi connectivity index (χ3n) is 3.50. The van der Waals surface area contributed by atoms with Crippen LogP contribution in [0.25, 0.3) is 0 Å². The molecule has 100 valence electrons. The van der Waals surface area contributed by atoms with Crippen molar-refractivity contribution in [1.29, 1.82) is 0 Å². The van der Waals surface area contributed by atoms with E-state index in [0.717, 1.165) is 45.4 Å². The number of nitrogens with zero attached hydrogens (tertiary/aromatic N) is 2. The van der Waals surface area contributed by atoms with Gasteiger partial charge in [-0.1, -0.05) is 13.3 Å². The lowest BCUT2D eigenvalue weighted by Gasteiger charge is -2.24. The van der Waals surface area contributed by atoms with Crippen LogP contribution in [0.1, 0.15) is 33.1 Å². The number of likely N-dealkylation sites (N-methyl/N-ethyl adjacent to an activating group) is 1. The summed E-state index contributed by atoms with van der Waals surface area (Å²) in [6.07, 6.45) is 3.23. The van der Waals surface area contributed by atoms with Crippen LogP contribution >= 0.6 is 0 Å². The fourth-order valence-corrected chi connectivity index (χ4v) is 2.30. The first-order valence-corrected chi connectivity index (χ1v) is 6.82.